The molecular formula is C5H7N3OS2. The van der Waals surface area contributed by atoms with Crippen molar-refractivity contribution in [2.24, 2.45) is 0 Å². The molecule has 0 bridgehead atoms. The lowest BCUT2D eigenvalue weighted by molar-refractivity contribution is 0.951. The molecule has 0 aliphatic heterocycles. The number of nitrogens with two attached hydrogens (primary N) is 1. The van der Waals surface area contributed by atoms with Crippen LogP contribution in [-0.2, 0) is 0 Å². The lowest BCUT2D eigenvalue weighted by Crippen LogP contribution is -2.08. The van der Waals surface area contributed by atoms with Crippen LogP contribution in [0.4, 0.5) is 5.82 Å². The van der Waals surface area contributed by atoms with Crippen LogP contribution in [0.25, 0.3) is 0 Å². The predicted octanol–water partition coefficient (Wildman–Crippen LogP) is 0.722. The molecule has 0 radical (unpaired) electrons. The van der Waals surface area contributed by atoms with Crippen molar-refractivity contribution in [1.29, 1.82) is 0 Å². The SMILES string of the molecule is CSSc1nc(N)cc(=O)[nH]1. The zero-order chi connectivity index (χ0) is 8.27. The maximum absolute atomic E-state index is 10.8. The number of aromatic amines is 1. The molecule has 0 unspecified atom stereocenters. The Hall–Kier alpha value is -0.620. The van der Waals surface area contributed by atoms with E-state index in [1.165, 1.54) is 27.7 Å². The molecule has 0 spiro atoms. The summed E-state index contributed by atoms with van der Waals surface area (Å²) in [7, 11) is 2.87. The summed E-state index contributed by atoms with van der Waals surface area (Å²) in [6.45, 7) is 0. The molecule has 0 saturated heterocycles. The third kappa shape index (κ3) is 2.47. The van der Waals surface area contributed by atoms with Crippen LogP contribution in [-0.4, -0.2) is 16.2 Å². The largest absolute Gasteiger partial charge is 0.383 e. The molecule has 4 nitrogen and oxygen atoms in total. The molecule has 0 aromatic carbocycles. The van der Waals surface area contributed by atoms with Gasteiger partial charge in [0, 0.05) is 6.07 Å². The first-order valence-electron chi connectivity index (χ1n) is 2.80. The van der Waals surface area contributed by atoms with Crippen molar-refractivity contribution in [2.75, 3.05) is 12.0 Å². The molecule has 3 N–H and O–H groups in total. The second kappa shape index (κ2) is 3.68. The second-order valence-corrected chi connectivity index (χ2v) is 4.11. The molecule has 1 heterocycles. The van der Waals surface area contributed by atoms with Crippen molar-refractivity contribution in [3.8, 4) is 0 Å². The van der Waals surface area contributed by atoms with Gasteiger partial charge in [0.15, 0.2) is 5.16 Å². The van der Waals surface area contributed by atoms with Crippen LogP contribution in [0.15, 0.2) is 16.0 Å². The second-order valence-electron chi connectivity index (χ2n) is 1.73. The normalized spacial score (nSPS) is 9.91. The van der Waals surface area contributed by atoms with E-state index >= 15 is 0 Å². The Morgan fingerprint density at radius 1 is 1.73 bits per heavy atom. The first-order chi connectivity index (χ1) is 5.22. The zero-order valence-electron chi connectivity index (χ0n) is 5.83. The van der Waals surface area contributed by atoms with E-state index in [1.54, 1.807) is 0 Å². The van der Waals surface area contributed by atoms with Crippen molar-refractivity contribution >= 4 is 27.4 Å². The number of H-pyrrole nitrogens is 1. The lowest BCUT2D eigenvalue weighted by atomic mass is 10.6. The van der Waals surface area contributed by atoms with Crippen LogP contribution in [0.1, 0.15) is 0 Å². The van der Waals surface area contributed by atoms with Crippen molar-refractivity contribution < 1.29 is 0 Å². The van der Waals surface area contributed by atoms with Crippen LogP contribution in [0.5, 0.6) is 0 Å². The number of nitrogen functional groups attached to an aromatic ring is 1. The standard InChI is InChI=1S/C5H7N3OS2/c1-10-11-5-7-3(6)2-4(9)8-5/h2H,1H3,(H3,6,7,8,9). The van der Waals surface area contributed by atoms with Crippen LogP contribution < -0.4 is 11.3 Å². The van der Waals surface area contributed by atoms with Crippen molar-refractivity contribution in [3.05, 3.63) is 16.4 Å². The molecule has 0 amide bonds. The first kappa shape index (κ1) is 8.48. The van der Waals surface area contributed by atoms with Crippen molar-refractivity contribution in [2.45, 2.75) is 5.16 Å². The first-order valence-corrected chi connectivity index (χ1v) is 5.35. The smallest absolute Gasteiger partial charge is 0.253 e. The summed E-state index contributed by atoms with van der Waals surface area (Å²) < 4.78 is 0. The number of rotatable bonds is 2. The Bertz CT molecular complexity index is 298. The summed E-state index contributed by atoms with van der Waals surface area (Å²) in [6.07, 6.45) is 1.90. The number of hydrogen-bond acceptors (Lipinski definition) is 5. The summed E-state index contributed by atoms with van der Waals surface area (Å²) in [5, 5.41) is 0.544. The van der Waals surface area contributed by atoms with Crippen LogP contribution in [0, 0.1) is 0 Å². The third-order valence-corrected chi connectivity index (χ3v) is 2.39. The topological polar surface area (TPSA) is 71.8 Å². The van der Waals surface area contributed by atoms with Gasteiger partial charge in [-0.25, -0.2) is 4.98 Å². The summed E-state index contributed by atoms with van der Waals surface area (Å²) in [5.41, 5.74) is 5.12. The Morgan fingerprint density at radius 3 is 3.00 bits per heavy atom. The van der Waals surface area contributed by atoms with E-state index in [1.807, 2.05) is 6.26 Å². The van der Waals surface area contributed by atoms with Gasteiger partial charge in [-0.05, 0) is 17.0 Å². The zero-order valence-corrected chi connectivity index (χ0v) is 7.46. The highest BCUT2D eigenvalue weighted by molar-refractivity contribution is 8.76. The quantitative estimate of drug-likeness (QED) is 0.530. The highest BCUT2D eigenvalue weighted by Crippen LogP contribution is 2.23. The van der Waals surface area contributed by atoms with E-state index in [0.717, 1.165) is 0 Å². The lowest BCUT2D eigenvalue weighted by Gasteiger charge is -1.95. The number of aromatic nitrogens is 2. The minimum atomic E-state index is -0.214. The van der Waals surface area contributed by atoms with E-state index in [2.05, 4.69) is 9.97 Å². The van der Waals surface area contributed by atoms with Gasteiger partial charge in [-0.1, -0.05) is 10.8 Å². The van der Waals surface area contributed by atoms with Crippen molar-refractivity contribution in [3.63, 3.8) is 0 Å². The Balaban J connectivity index is 2.99. The fraction of sp³-hybridized carbons (Fsp3) is 0.200. The molecule has 0 atom stereocenters. The van der Waals surface area contributed by atoms with Gasteiger partial charge in [0.25, 0.3) is 5.56 Å². The molecular weight excluding hydrogens is 182 g/mol. The van der Waals surface area contributed by atoms with Gasteiger partial charge < -0.3 is 10.7 Å². The summed E-state index contributed by atoms with van der Waals surface area (Å²) in [4.78, 5) is 17.2. The summed E-state index contributed by atoms with van der Waals surface area (Å²) in [5.74, 6) is 0.255. The Labute approximate surface area is 71.4 Å². The molecule has 11 heavy (non-hydrogen) atoms. The van der Waals surface area contributed by atoms with Gasteiger partial charge in [-0.15, -0.1) is 0 Å². The average molecular weight is 189 g/mol. The van der Waals surface area contributed by atoms with E-state index in [4.69, 9.17) is 5.73 Å². The maximum atomic E-state index is 10.8. The van der Waals surface area contributed by atoms with Gasteiger partial charge in [-0.3, -0.25) is 4.79 Å². The average Bonchev–Trinajstić information content (AvgIpc) is 1.85. The Kier molecular flexibility index (Phi) is 2.84. The fourth-order valence-electron chi connectivity index (χ4n) is 0.572. The minimum Gasteiger partial charge on any atom is -0.383 e. The molecule has 1 rings (SSSR count). The molecule has 1 aromatic heterocycles. The fourth-order valence-corrected chi connectivity index (χ4v) is 1.72. The summed E-state index contributed by atoms with van der Waals surface area (Å²) in [6, 6.07) is 1.25. The number of hydrogen-bond donors (Lipinski definition) is 2. The van der Waals surface area contributed by atoms with Gasteiger partial charge in [0.2, 0.25) is 0 Å². The van der Waals surface area contributed by atoms with Gasteiger partial charge in [0.1, 0.15) is 5.82 Å². The highest BCUT2D eigenvalue weighted by atomic mass is 33.1. The minimum absolute atomic E-state index is 0.214. The highest BCUT2D eigenvalue weighted by Gasteiger charge is 1.96. The molecule has 0 saturated carbocycles. The van der Waals surface area contributed by atoms with E-state index in [0.29, 0.717) is 5.16 Å². The van der Waals surface area contributed by atoms with E-state index in [-0.39, 0.29) is 11.4 Å². The van der Waals surface area contributed by atoms with Crippen LogP contribution >= 0.6 is 21.6 Å². The Morgan fingerprint density at radius 2 is 2.45 bits per heavy atom. The van der Waals surface area contributed by atoms with E-state index in [9.17, 15) is 4.79 Å². The predicted molar refractivity (Wildman–Crippen MR) is 48.6 cm³/mol. The molecule has 0 aliphatic carbocycles. The van der Waals surface area contributed by atoms with Crippen LogP contribution in [0.3, 0.4) is 0 Å². The van der Waals surface area contributed by atoms with Gasteiger partial charge >= 0.3 is 0 Å². The number of nitrogens with zero attached hydrogens (tertiary/aromatic N) is 1. The monoisotopic (exact) mass is 189 g/mol. The third-order valence-electron chi connectivity index (χ3n) is 0.902. The number of anilines is 1. The molecule has 1 aromatic rings. The van der Waals surface area contributed by atoms with Crippen molar-refractivity contribution in [1.82, 2.24) is 9.97 Å². The molecule has 6 heteroatoms. The molecule has 0 fully saturated rings. The van der Waals surface area contributed by atoms with Gasteiger partial charge in [0.05, 0.1) is 0 Å². The maximum Gasteiger partial charge on any atom is 0.253 e. The van der Waals surface area contributed by atoms with E-state index < -0.39 is 0 Å². The summed E-state index contributed by atoms with van der Waals surface area (Å²) >= 11 is 0. The molecule has 0 aliphatic rings. The van der Waals surface area contributed by atoms with Gasteiger partial charge in [-0.2, -0.15) is 0 Å². The van der Waals surface area contributed by atoms with Crippen LogP contribution in [0.2, 0.25) is 0 Å². The number of nitrogens with one attached hydrogen (secondary N) is 1. The molecule has 60 valence electrons.